The summed E-state index contributed by atoms with van der Waals surface area (Å²) in [5, 5.41) is 16.1. The van der Waals surface area contributed by atoms with Crippen LogP contribution in [0, 0.1) is 0 Å². The zero-order valence-electron chi connectivity index (χ0n) is 20.3. The van der Waals surface area contributed by atoms with Crippen molar-refractivity contribution >= 4 is 39.6 Å². The molecular weight excluding hydrogens is 482 g/mol. The molecule has 0 unspecified atom stereocenters. The number of rotatable bonds is 7. The van der Waals surface area contributed by atoms with Gasteiger partial charge in [-0.3, -0.25) is 14.4 Å². The predicted molar refractivity (Wildman–Crippen MR) is 145 cm³/mol. The Bertz CT molecular complexity index is 1730. The topological polar surface area (TPSA) is 126 Å². The van der Waals surface area contributed by atoms with Gasteiger partial charge in [0.25, 0.3) is 17.4 Å². The molecule has 0 aliphatic carbocycles. The summed E-state index contributed by atoms with van der Waals surface area (Å²) in [4.78, 5) is 38.6. The SMILES string of the molecule is COc1ccc2cc(C=NNC(=O)[C@@H](NC(=O)c3ccccc3)c3n[nH]c(=O)c4ccccc34)ccc2c1. The highest BCUT2D eigenvalue weighted by atomic mass is 16.5. The molecule has 1 atom stereocenters. The molecule has 0 fully saturated rings. The Kier molecular flexibility index (Phi) is 6.90. The zero-order valence-corrected chi connectivity index (χ0v) is 20.3. The van der Waals surface area contributed by atoms with Crippen molar-refractivity contribution in [3.63, 3.8) is 0 Å². The highest BCUT2D eigenvalue weighted by Gasteiger charge is 2.27. The summed E-state index contributed by atoms with van der Waals surface area (Å²) in [6.07, 6.45) is 1.51. The first-order valence-corrected chi connectivity index (χ1v) is 11.8. The monoisotopic (exact) mass is 505 g/mol. The smallest absolute Gasteiger partial charge is 0.272 e. The van der Waals surface area contributed by atoms with Gasteiger partial charge in [0.2, 0.25) is 0 Å². The number of hydrazone groups is 1. The molecule has 0 saturated carbocycles. The Hall–Kier alpha value is -5.31. The summed E-state index contributed by atoms with van der Waals surface area (Å²) in [7, 11) is 1.62. The Balaban J connectivity index is 1.43. The molecule has 38 heavy (non-hydrogen) atoms. The van der Waals surface area contributed by atoms with E-state index in [1.807, 2.05) is 36.4 Å². The number of H-pyrrole nitrogens is 1. The average molecular weight is 506 g/mol. The van der Waals surface area contributed by atoms with Crippen LogP contribution in [0.2, 0.25) is 0 Å². The molecule has 9 heteroatoms. The molecule has 0 saturated heterocycles. The molecule has 3 N–H and O–H groups in total. The molecule has 9 nitrogen and oxygen atoms in total. The van der Waals surface area contributed by atoms with E-state index in [1.54, 1.807) is 61.7 Å². The maximum atomic E-state index is 13.3. The van der Waals surface area contributed by atoms with Crippen molar-refractivity contribution in [3.8, 4) is 5.75 Å². The minimum absolute atomic E-state index is 0.192. The van der Waals surface area contributed by atoms with E-state index in [0.717, 1.165) is 22.1 Å². The number of fused-ring (bicyclic) bond motifs is 2. The molecule has 0 spiro atoms. The molecule has 4 aromatic carbocycles. The highest BCUT2D eigenvalue weighted by Crippen LogP contribution is 2.22. The number of carbonyl (C=O) groups is 2. The molecule has 5 aromatic rings. The van der Waals surface area contributed by atoms with Gasteiger partial charge < -0.3 is 10.1 Å². The summed E-state index contributed by atoms with van der Waals surface area (Å²) < 4.78 is 5.26. The summed E-state index contributed by atoms with van der Waals surface area (Å²) in [6.45, 7) is 0. The Morgan fingerprint density at radius 1 is 0.921 bits per heavy atom. The van der Waals surface area contributed by atoms with Crippen LogP contribution in [-0.4, -0.2) is 35.3 Å². The molecule has 0 aliphatic heterocycles. The number of aromatic amines is 1. The number of ether oxygens (including phenoxy) is 1. The number of methoxy groups -OCH3 is 1. The average Bonchev–Trinajstić information content (AvgIpc) is 2.96. The molecule has 0 bridgehead atoms. The van der Waals surface area contributed by atoms with Crippen LogP contribution in [0.25, 0.3) is 21.5 Å². The van der Waals surface area contributed by atoms with Crippen molar-refractivity contribution in [1.29, 1.82) is 0 Å². The van der Waals surface area contributed by atoms with Crippen molar-refractivity contribution < 1.29 is 14.3 Å². The van der Waals surface area contributed by atoms with Crippen LogP contribution >= 0.6 is 0 Å². The van der Waals surface area contributed by atoms with Gasteiger partial charge in [-0.15, -0.1) is 0 Å². The van der Waals surface area contributed by atoms with Gasteiger partial charge in [0.1, 0.15) is 11.4 Å². The molecule has 1 aromatic heterocycles. The van der Waals surface area contributed by atoms with E-state index in [-0.39, 0.29) is 5.69 Å². The van der Waals surface area contributed by atoms with Gasteiger partial charge in [0, 0.05) is 10.9 Å². The third kappa shape index (κ3) is 5.12. The fourth-order valence-corrected chi connectivity index (χ4v) is 4.10. The van der Waals surface area contributed by atoms with Crippen LogP contribution in [0.5, 0.6) is 5.75 Å². The number of hydrogen-bond acceptors (Lipinski definition) is 6. The number of nitrogens with zero attached hydrogens (tertiary/aromatic N) is 2. The number of nitrogens with one attached hydrogen (secondary N) is 3. The molecular formula is C29H23N5O4. The van der Waals surface area contributed by atoms with Crippen molar-refractivity contribution in [2.75, 3.05) is 7.11 Å². The van der Waals surface area contributed by atoms with Gasteiger partial charge in [0.15, 0.2) is 6.04 Å². The van der Waals surface area contributed by atoms with Gasteiger partial charge in [-0.05, 0) is 52.7 Å². The fraction of sp³-hybridized carbons (Fsp3) is 0.0690. The summed E-state index contributed by atoms with van der Waals surface area (Å²) in [5.74, 6) is -0.337. The van der Waals surface area contributed by atoms with Gasteiger partial charge in [-0.2, -0.15) is 10.2 Å². The van der Waals surface area contributed by atoms with E-state index < -0.39 is 23.4 Å². The van der Waals surface area contributed by atoms with Crippen LogP contribution in [-0.2, 0) is 4.79 Å². The number of amides is 2. The molecule has 2 amide bonds. The van der Waals surface area contributed by atoms with Gasteiger partial charge >= 0.3 is 0 Å². The standard InChI is InChI=1S/C29H23N5O4/c1-38-22-14-13-20-15-18(11-12-21(20)16-22)17-30-33-29(37)26(31-27(35)19-7-3-2-4-8-19)25-23-9-5-6-10-24(23)28(36)34-32-25/h2-17,26H,1H3,(H,31,35)(H,33,37)(H,34,36)/t26-/m0/s1. The molecule has 5 rings (SSSR count). The number of carbonyl (C=O) groups excluding carboxylic acids is 2. The second-order valence-electron chi connectivity index (χ2n) is 8.46. The number of benzene rings is 4. The van der Waals surface area contributed by atoms with E-state index in [4.69, 9.17) is 4.74 Å². The second-order valence-corrected chi connectivity index (χ2v) is 8.46. The summed E-state index contributed by atoms with van der Waals surface area (Å²) >= 11 is 0. The maximum Gasteiger partial charge on any atom is 0.272 e. The lowest BCUT2D eigenvalue weighted by molar-refractivity contribution is -0.123. The van der Waals surface area contributed by atoms with Crippen molar-refractivity contribution in [3.05, 3.63) is 118 Å². The normalized spacial score (nSPS) is 11.9. The lowest BCUT2D eigenvalue weighted by Crippen LogP contribution is -2.40. The first kappa shape index (κ1) is 24.4. The highest BCUT2D eigenvalue weighted by molar-refractivity contribution is 5.99. The lowest BCUT2D eigenvalue weighted by atomic mass is 10.0. The first-order valence-electron chi connectivity index (χ1n) is 11.8. The Labute approximate surface area is 217 Å². The quantitative estimate of drug-likeness (QED) is 0.230. The largest absolute Gasteiger partial charge is 0.497 e. The summed E-state index contributed by atoms with van der Waals surface area (Å²) in [5.41, 5.74) is 3.42. The van der Waals surface area contributed by atoms with Crippen LogP contribution in [0.1, 0.15) is 27.7 Å². The maximum absolute atomic E-state index is 13.3. The van der Waals surface area contributed by atoms with Crippen LogP contribution < -0.4 is 21.0 Å². The second kappa shape index (κ2) is 10.8. The summed E-state index contributed by atoms with van der Waals surface area (Å²) in [6, 6.07) is 25.5. The van der Waals surface area contributed by atoms with Crippen LogP contribution in [0.4, 0.5) is 0 Å². The van der Waals surface area contributed by atoms with E-state index in [0.29, 0.717) is 16.3 Å². The number of hydrogen-bond donors (Lipinski definition) is 3. The third-order valence-corrected chi connectivity index (χ3v) is 6.03. The minimum Gasteiger partial charge on any atom is -0.497 e. The molecule has 188 valence electrons. The number of aromatic nitrogens is 2. The third-order valence-electron chi connectivity index (χ3n) is 6.03. The predicted octanol–water partition coefficient (Wildman–Crippen LogP) is 3.71. The van der Waals surface area contributed by atoms with E-state index >= 15 is 0 Å². The molecule has 1 heterocycles. The minimum atomic E-state index is -1.23. The van der Waals surface area contributed by atoms with E-state index in [9.17, 15) is 14.4 Å². The van der Waals surface area contributed by atoms with E-state index in [2.05, 4.69) is 26.0 Å². The zero-order chi connectivity index (χ0) is 26.5. The Morgan fingerprint density at radius 2 is 1.63 bits per heavy atom. The Morgan fingerprint density at radius 3 is 2.42 bits per heavy atom. The first-order chi connectivity index (χ1) is 18.5. The molecule has 0 aliphatic rings. The van der Waals surface area contributed by atoms with Crippen molar-refractivity contribution in [2.45, 2.75) is 6.04 Å². The van der Waals surface area contributed by atoms with Gasteiger partial charge in [0.05, 0.1) is 18.7 Å². The fourth-order valence-electron chi connectivity index (χ4n) is 4.10. The van der Waals surface area contributed by atoms with Crippen LogP contribution in [0.15, 0.2) is 101 Å². The lowest BCUT2D eigenvalue weighted by Gasteiger charge is -2.18. The van der Waals surface area contributed by atoms with Gasteiger partial charge in [-0.25, -0.2) is 10.5 Å². The van der Waals surface area contributed by atoms with Gasteiger partial charge in [-0.1, -0.05) is 54.6 Å². The molecule has 0 radical (unpaired) electrons. The van der Waals surface area contributed by atoms with Crippen molar-refractivity contribution in [1.82, 2.24) is 20.9 Å². The van der Waals surface area contributed by atoms with E-state index in [1.165, 1.54) is 6.21 Å². The van der Waals surface area contributed by atoms with Crippen LogP contribution in [0.3, 0.4) is 0 Å². The van der Waals surface area contributed by atoms with Crippen molar-refractivity contribution in [2.24, 2.45) is 5.10 Å².